The van der Waals surface area contributed by atoms with Crippen molar-refractivity contribution in [3.05, 3.63) is 11.6 Å². The minimum absolute atomic E-state index is 0.627. The van der Waals surface area contributed by atoms with E-state index < -0.39 is 0 Å². The Morgan fingerprint density at radius 3 is 3.40 bits per heavy atom. The molecular weight excluding hydrogens is 120 g/mol. The smallest absolute Gasteiger partial charge is 0.0236 e. The van der Waals surface area contributed by atoms with Crippen LogP contribution in [0.5, 0.6) is 0 Å². The molecule has 0 spiro atoms. The number of allylic oxidation sites excluding steroid dienone is 2. The largest absolute Gasteiger partial charge is 0.0848 e. The summed E-state index contributed by atoms with van der Waals surface area (Å²) < 4.78 is 7.38. The molecule has 0 nitrogen and oxygen atoms in total. The summed E-state index contributed by atoms with van der Waals surface area (Å²) in [6.45, 7) is 0.627. The molecule has 2 rings (SSSR count). The molecule has 0 amide bonds. The van der Waals surface area contributed by atoms with Crippen LogP contribution in [0.15, 0.2) is 11.6 Å². The third-order valence-electron chi connectivity index (χ3n) is 2.94. The summed E-state index contributed by atoms with van der Waals surface area (Å²) in [5.74, 6) is 1.53. The van der Waals surface area contributed by atoms with Gasteiger partial charge in [0.15, 0.2) is 0 Å². The molecule has 2 atom stereocenters. The van der Waals surface area contributed by atoms with Gasteiger partial charge in [-0.1, -0.05) is 18.5 Å². The highest BCUT2D eigenvalue weighted by molar-refractivity contribution is 5.16. The SMILES string of the molecule is [2H]C[C@H]1CC[C@@H]2CCCC=C21. The highest BCUT2D eigenvalue weighted by Crippen LogP contribution is 2.41. The highest BCUT2D eigenvalue weighted by Gasteiger charge is 2.27. The van der Waals surface area contributed by atoms with Crippen molar-refractivity contribution >= 4 is 0 Å². The van der Waals surface area contributed by atoms with E-state index in [0.717, 1.165) is 5.92 Å². The Labute approximate surface area is 64.7 Å². The summed E-state index contributed by atoms with van der Waals surface area (Å²) in [6.07, 6.45) is 9.15. The fourth-order valence-electron chi connectivity index (χ4n) is 2.35. The molecule has 0 heterocycles. The summed E-state index contributed by atoms with van der Waals surface area (Å²) in [5.41, 5.74) is 1.64. The van der Waals surface area contributed by atoms with Gasteiger partial charge in [0.2, 0.25) is 0 Å². The predicted octanol–water partition coefficient (Wildman–Crippen LogP) is 3.14. The minimum Gasteiger partial charge on any atom is -0.0848 e. The van der Waals surface area contributed by atoms with Gasteiger partial charge in [-0.2, -0.15) is 0 Å². The van der Waals surface area contributed by atoms with Crippen molar-refractivity contribution in [3.63, 3.8) is 0 Å². The first-order chi connectivity index (χ1) is 5.42. The standard InChI is InChI=1S/C10H16/c1-8-6-7-9-4-2-3-5-10(8)9/h5,8-9H,2-4,6-7H2,1H3/t8-,9-/m0/s1/i1D. The van der Waals surface area contributed by atoms with Gasteiger partial charge in [0.05, 0.1) is 0 Å². The van der Waals surface area contributed by atoms with Crippen LogP contribution in [0.25, 0.3) is 0 Å². The molecule has 10 heavy (non-hydrogen) atoms. The molecule has 2 aliphatic carbocycles. The van der Waals surface area contributed by atoms with Gasteiger partial charge in [-0.15, -0.1) is 0 Å². The zero-order valence-electron chi connectivity index (χ0n) is 7.47. The van der Waals surface area contributed by atoms with Crippen molar-refractivity contribution in [1.29, 1.82) is 0 Å². The second-order valence-electron chi connectivity index (χ2n) is 3.61. The summed E-state index contributed by atoms with van der Waals surface area (Å²) in [6, 6.07) is 0. The lowest BCUT2D eigenvalue weighted by Gasteiger charge is -2.18. The van der Waals surface area contributed by atoms with Crippen LogP contribution in [0.4, 0.5) is 0 Å². The van der Waals surface area contributed by atoms with Crippen LogP contribution in [0.2, 0.25) is 0 Å². The Balaban J connectivity index is 2.13. The molecule has 0 saturated heterocycles. The second-order valence-corrected chi connectivity index (χ2v) is 3.61. The normalized spacial score (nSPS) is 40.4. The number of rotatable bonds is 0. The molecule has 0 heteroatoms. The van der Waals surface area contributed by atoms with Crippen LogP contribution in [0, 0.1) is 11.8 Å². The summed E-state index contributed by atoms with van der Waals surface area (Å²) in [7, 11) is 0. The van der Waals surface area contributed by atoms with E-state index in [4.69, 9.17) is 1.37 Å². The van der Waals surface area contributed by atoms with E-state index in [0.29, 0.717) is 12.8 Å². The number of hydrogen-bond acceptors (Lipinski definition) is 0. The first-order valence-corrected chi connectivity index (χ1v) is 4.41. The van der Waals surface area contributed by atoms with Crippen molar-refractivity contribution in [2.24, 2.45) is 11.8 Å². The number of fused-ring (bicyclic) bond motifs is 1. The fraction of sp³-hybridized carbons (Fsp3) is 0.800. The molecule has 1 fully saturated rings. The molecule has 1 saturated carbocycles. The Kier molecular flexibility index (Phi) is 1.30. The van der Waals surface area contributed by atoms with E-state index in [1.807, 2.05) is 0 Å². The maximum atomic E-state index is 7.38. The van der Waals surface area contributed by atoms with Crippen molar-refractivity contribution in [2.75, 3.05) is 0 Å². The van der Waals surface area contributed by atoms with Gasteiger partial charge in [0.1, 0.15) is 0 Å². The van der Waals surface area contributed by atoms with Crippen LogP contribution >= 0.6 is 0 Å². The lowest BCUT2D eigenvalue weighted by Crippen LogP contribution is -2.04. The third-order valence-corrected chi connectivity index (χ3v) is 2.94. The summed E-state index contributed by atoms with van der Waals surface area (Å²) in [5, 5.41) is 0. The maximum absolute atomic E-state index is 7.38. The number of hydrogen-bond donors (Lipinski definition) is 0. The van der Waals surface area contributed by atoms with Gasteiger partial charge in [-0.05, 0) is 43.9 Å². The minimum atomic E-state index is 0.627. The zero-order chi connectivity index (χ0) is 7.68. The van der Waals surface area contributed by atoms with Crippen molar-refractivity contribution in [2.45, 2.75) is 39.0 Å². The first kappa shape index (κ1) is 5.40. The van der Waals surface area contributed by atoms with E-state index in [1.165, 1.54) is 32.1 Å². The van der Waals surface area contributed by atoms with E-state index in [1.54, 1.807) is 5.57 Å². The van der Waals surface area contributed by atoms with Crippen LogP contribution in [0.1, 0.15) is 40.4 Å². The maximum Gasteiger partial charge on any atom is 0.0236 e. The van der Waals surface area contributed by atoms with Gasteiger partial charge in [-0.3, -0.25) is 0 Å². The summed E-state index contributed by atoms with van der Waals surface area (Å²) in [4.78, 5) is 0. The fourth-order valence-corrected chi connectivity index (χ4v) is 2.35. The highest BCUT2D eigenvalue weighted by atomic mass is 14.3. The van der Waals surface area contributed by atoms with Crippen molar-refractivity contribution in [1.82, 2.24) is 0 Å². The van der Waals surface area contributed by atoms with E-state index in [9.17, 15) is 0 Å². The molecule has 0 aromatic rings. The monoisotopic (exact) mass is 137 g/mol. The van der Waals surface area contributed by atoms with Crippen LogP contribution in [-0.2, 0) is 0 Å². The van der Waals surface area contributed by atoms with Crippen LogP contribution in [0.3, 0.4) is 0 Å². The van der Waals surface area contributed by atoms with Crippen molar-refractivity contribution in [3.8, 4) is 0 Å². The first-order valence-electron chi connectivity index (χ1n) is 5.11. The molecule has 56 valence electrons. The molecule has 0 aromatic heterocycles. The molecular formula is C10H16. The third kappa shape index (κ3) is 0.902. The van der Waals surface area contributed by atoms with Crippen LogP contribution in [-0.4, -0.2) is 0 Å². The molecule has 0 aliphatic heterocycles. The Bertz CT molecular complexity index is 172. The molecule has 0 radical (unpaired) electrons. The quantitative estimate of drug-likeness (QED) is 0.450. The lowest BCUT2D eigenvalue weighted by atomic mass is 9.88. The van der Waals surface area contributed by atoms with E-state index in [2.05, 4.69) is 6.08 Å². The summed E-state index contributed by atoms with van der Waals surface area (Å²) >= 11 is 0. The zero-order valence-corrected chi connectivity index (χ0v) is 6.47. The Hall–Kier alpha value is -0.260. The van der Waals surface area contributed by atoms with Gasteiger partial charge < -0.3 is 0 Å². The van der Waals surface area contributed by atoms with Crippen LogP contribution < -0.4 is 0 Å². The van der Waals surface area contributed by atoms with Gasteiger partial charge in [0, 0.05) is 1.37 Å². The Morgan fingerprint density at radius 2 is 2.50 bits per heavy atom. The average molecular weight is 137 g/mol. The Morgan fingerprint density at radius 1 is 1.50 bits per heavy atom. The van der Waals surface area contributed by atoms with E-state index >= 15 is 0 Å². The van der Waals surface area contributed by atoms with Gasteiger partial charge >= 0.3 is 0 Å². The molecule has 0 N–H and O–H groups in total. The topological polar surface area (TPSA) is 0 Å². The molecule has 0 aromatic carbocycles. The van der Waals surface area contributed by atoms with Crippen molar-refractivity contribution < 1.29 is 1.37 Å². The lowest BCUT2D eigenvalue weighted by molar-refractivity contribution is 0.525. The van der Waals surface area contributed by atoms with Gasteiger partial charge in [-0.25, -0.2) is 0 Å². The van der Waals surface area contributed by atoms with Gasteiger partial charge in [0.25, 0.3) is 0 Å². The van der Waals surface area contributed by atoms with E-state index in [-0.39, 0.29) is 0 Å². The molecule has 0 unspecified atom stereocenters. The molecule has 0 bridgehead atoms. The molecule has 2 aliphatic rings. The predicted molar refractivity (Wildman–Crippen MR) is 43.8 cm³/mol. The second kappa shape index (κ2) is 2.41. The average Bonchev–Trinajstić information content (AvgIpc) is 2.47.